The zero-order valence-corrected chi connectivity index (χ0v) is 20.4. The van der Waals surface area contributed by atoms with Crippen LogP contribution in [-0.2, 0) is 16.4 Å². The summed E-state index contributed by atoms with van der Waals surface area (Å²) < 4.78 is 42.0. The maximum atomic E-state index is 13.7. The van der Waals surface area contributed by atoms with Crippen molar-refractivity contribution in [3.63, 3.8) is 0 Å². The van der Waals surface area contributed by atoms with E-state index in [4.69, 9.17) is 12.2 Å². The van der Waals surface area contributed by atoms with Crippen LogP contribution in [0.1, 0.15) is 30.0 Å². The van der Waals surface area contributed by atoms with Crippen molar-refractivity contribution in [1.82, 2.24) is 0 Å². The van der Waals surface area contributed by atoms with Crippen molar-refractivity contribution in [2.45, 2.75) is 44.6 Å². The molecule has 0 unspecified atom stereocenters. The van der Waals surface area contributed by atoms with Gasteiger partial charge in [-0.2, -0.15) is 0 Å². The maximum absolute atomic E-state index is 13.7. The van der Waals surface area contributed by atoms with E-state index in [9.17, 15) is 12.8 Å². The molecule has 1 aliphatic rings. The summed E-state index contributed by atoms with van der Waals surface area (Å²) in [4.78, 5) is 0.172. The van der Waals surface area contributed by atoms with Crippen molar-refractivity contribution < 1.29 is 12.8 Å². The fourth-order valence-corrected chi connectivity index (χ4v) is 6.07. The molecule has 0 aliphatic carbocycles. The summed E-state index contributed by atoms with van der Waals surface area (Å²) in [5, 5.41) is 6.67. The van der Waals surface area contributed by atoms with Gasteiger partial charge in [0.2, 0.25) is 0 Å². The molecule has 0 radical (unpaired) electrons. The van der Waals surface area contributed by atoms with E-state index >= 15 is 0 Å². The summed E-state index contributed by atoms with van der Waals surface area (Å²) >= 11 is 5.41. The smallest absolute Gasteiger partial charge is 0.264 e. The van der Waals surface area contributed by atoms with Crippen molar-refractivity contribution in [2.24, 2.45) is 0 Å². The Labute approximate surface area is 199 Å². The Kier molecular flexibility index (Phi) is 6.41. The molecule has 1 atom stereocenters. The molecule has 0 spiro atoms. The second-order valence-electron chi connectivity index (χ2n) is 8.38. The lowest BCUT2D eigenvalue weighted by Crippen LogP contribution is -2.42. The number of anilines is 3. The van der Waals surface area contributed by atoms with Crippen LogP contribution in [0.5, 0.6) is 0 Å². The largest absolute Gasteiger partial charge is 0.332 e. The molecule has 172 valence electrons. The van der Waals surface area contributed by atoms with Crippen LogP contribution in [0.25, 0.3) is 0 Å². The lowest BCUT2D eigenvalue weighted by Gasteiger charge is -2.36. The summed E-state index contributed by atoms with van der Waals surface area (Å²) in [6, 6.07) is 16.6. The van der Waals surface area contributed by atoms with Gasteiger partial charge in [0.15, 0.2) is 5.11 Å². The van der Waals surface area contributed by atoms with Gasteiger partial charge in [-0.15, -0.1) is 0 Å². The Morgan fingerprint density at radius 2 is 1.76 bits per heavy atom. The van der Waals surface area contributed by atoms with Gasteiger partial charge < -0.3 is 10.6 Å². The summed E-state index contributed by atoms with van der Waals surface area (Å²) in [5.41, 5.74) is 5.08. The van der Waals surface area contributed by atoms with E-state index < -0.39 is 10.0 Å². The van der Waals surface area contributed by atoms with Gasteiger partial charge in [0, 0.05) is 17.4 Å². The van der Waals surface area contributed by atoms with Gasteiger partial charge in [-0.1, -0.05) is 17.7 Å². The van der Waals surface area contributed by atoms with Gasteiger partial charge in [-0.3, -0.25) is 4.31 Å². The molecule has 0 saturated carbocycles. The molecule has 0 amide bonds. The van der Waals surface area contributed by atoms with E-state index in [2.05, 4.69) is 16.7 Å². The van der Waals surface area contributed by atoms with Gasteiger partial charge in [-0.25, -0.2) is 12.8 Å². The molecule has 5 nitrogen and oxygen atoms in total. The summed E-state index contributed by atoms with van der Waals surface area (Å²) in [7, 11) is -3.81. The number of fused-ring (bicyclic) bond motifs is 1. The van der Waals surface area contributed by atoms with E-state index in [1.807, 2.05) is 32.9 Å². The third kappa shape index (κ3) is 4.86. The molecule has 1 aliphatic heterocycles. The fourth-order valence-electron chi connectivity index (χ4n) is 4.12. The van der Waals surface area contributed by atoms with E-state index in [1.54, 1.807) is 30.3 Å². The number of nitrogens with one attached hydrogen (secondary N) is 2. The molecule has 4 rings (SSSR count). The average Bonchev–Trinajstić information content (AvgIpc) is 2.76. The molecule has 0 saturated heterocycles. The minimum Gasteiger partial charge on any atom is -0.332 e. The number of sulfonamides is 1. The first-order valence-corrected chi connectivity index (χ1v) is 12.6. The van der Waals surface area contributed by atoms with E-state index in [-0.39, 0.29) is 16.8 Å². The molecule has 0 aromatic heterocycles. The van der Waals surface area contributed by atoms with Crippen molar-refractivity contribution in [2.75, 3.05) is 14.9 Å². The predicted molar refractivity (Wildman–Crippen MR) is 136 cm³/mol. The van der Waals surface area contributed by atoms with Gasteiger partial charge in [0.1, 0.15) is 5.82 Å². The second-order valence-corrected chi connectivity index (χ2v) is 10.6. The molecule has 33 heavy (non-hydrogen) atoms. The van der Waals surface area contributed by atoms with Gasteiger partial charge in [-0.05, 0) is 105 Å². The van der Waals surface area contributed by atoms with Gasteiger partial charge in [0.05, 0.1) is 10.6 Å². The molecule has 3 aromatic rings. The third-order valence-electron chi connectivity index (χ3n) is 5.81. The third-order valence-corrected chi connectivity index (χ3v) is 7.96. The summed E-state index contributed by atoms with van der Waals surface area (Å²) in [6.45, 7) is 5.91. The van der Waals surface area contributed by atoms with Crippen LogP contribution in [0.3, 0.4) is 0 Å². The van der Waals surface area contributed by atoms with Crippen LogP contribution in [0.4, 0.5) is 21.5 Å². The number of nitrogens with zero attached hydrogens (tertiary/aromatic N) is 1. The van der Waals surface area contributed by atoms with E-state index in [0.717, 1.165) is 11.3 Å². The molecular formula is C25H26FN3O2S2. The SMILES string of the molecule is Cc1ccc(NC(=S)Nc2ccc(S(=O)(=O)N3c4ccc(F)cc4CC[C@@H]3C)cc2)c(C)c1. The fraction of sp³-hybridized carbons (Fsp3) is 0.240. The molecule has 8 heteroatoms. The Morgan fingerprint density at radius 1 is 1.03 bits per heavy atom. The maximum Gasteiger partial charge on any atom is 0.264 e. The first kappa shape index (κ1) is 23.2. The topological polar surface area (TPSA) is 61.4 Å². The summed E-state index contributed by atoms with van der Waals surface area (Å²) in [5.74, 6) is -0.360. The normalized spacial score (nSPS) is 15.6. The monoisotopic (exact) mass is 483 g/mol. The number of aryl methyl sites for hydroxylation is 3. The lowest BCUT2D eigenvalue weighted by molar-refractivity contribution is 0.560. The number of hydrogen-bond donors (Lipinski definition) is 2. The molecule has 1 heterocycles. The van der Waals surface area contributed by atoms with Crippen molar-refractivity contribution in [3.8, 4) is 0 Å². The van der Waals surface area contributed by atoms with E-state index in [1.165, 1.54) is 22.0 Å². The molecule has 2 N–H and O–H groups in total. The Morgan fingerprint density at radius 3 is 2.45 bits per heavy atom. The Bertz CT molecular complexity index is 1310. The lowest BCUT2D eigenvalue weighted by atomic mass is 9.99. The molecular weight excluding hydrogens is 457 g/mol. The van der Waals surface area contributed by atoms with Crippen LogP contribution in [-0.4, -0.2) is 19.6 Å². The van der Waals surface area contributed by atoms with E-state index in [0.29, 0.717) is 34.9 Å². The number of rotatable bonds is 4. The van der Waals surface area contributed by atoms with Crippen LogP contribution >= 0.6 is 12.2 Å². The minimum absolute atomic E-state index is 0.172. The van der Waals surface area contributed by atoms with Gasteiger partial charge in [0.25, 0.3) is 10.0 Å². The van der Waals surface area contributed by atoms with Crippen LogP contribution in [0.15, 0.2) is 65.6 Å². The Balaban J connectivity index is 1.52. The second kappa shape index (κ2) is 9.11. The number of halogens is 1. The quantitative estimate of drug-likeness (QED) is 0.461. The Hall–Kier alpha value is -2.97. The highest BCUT2D eigenvalue weighted by molar-refractivity contribution is 7.92. The van der Waals surface area contributed by atoms with Crippen LogP contribution in [0, 0.1) is 19.7 Å². The number of thiocarbonyl (C=S) groups is 1. The number of hydrogen-bond acceptors (Lipinski definition) is 3. The molecule has 0 fully saturated rings. The highest BCUT2D eigenvalue weighted by Crippen LogP contribution is 2.36. The van der Waals surface area contributed by atoms with Crippen LogP contribution in [0.2, 0.25) is 0 Å². The highest BCUT2D eigenvalue weighted by atomic mass is 32.2. The standard InChI is InChI=1S/C25H26FN3O2S2/c1-16-4-12-23(17(2)14-16)28-25(32)27-21-8-10-22(11-9-21)33(30,31)29-18(3)5-6-19-15-20(26)7-13-24(19)29/h4,7-15,18H,5-6H2,1-3H3,(H2,27,28,32)/t18-/m0/s1. The minimum atomic E-state index is -3.81. The highest BCUT2D eigenvalue weighted by Gasteiger charge is 2.34. The molecule has 0 bridgehead atoms. The van der Waals surface area contributed by atoms with Crippen LogP contribution < -0.4 is 14.9 Å². The predicted octanol–water partition coefficient (Wildman–Crippen LogP) is 5.78. The van der Waals surface area contributed by atoms with Crippen molar-refractivity contribution >= 4 is 44.4 Å². The zero-order chi connectivity index (χ0) is 23.8. The number of benzene rings is 3. The summed E-state index contributed by atoms with van der Waals surface area (Å²) in [6.07, 6.45) is 1.28. The molecule has 3 aromatic carbocycles. The first-order chi connectivity index (χ1) is 15.6. The first-order valence-electron chi connectivity index (χ1n) is 10.7. The average molecular weight is 484 g/mol. The van der Waals surface area contributed by atoms with Crippen molar-refractivity contribution in [1.29, 1.82) is 0 Å². The van der Waals surface area contributed by atoms with Crippen molar-refractivity contribution in [3.05, 3.63) is 83.2 Å². The van der Waals surface area contributed by atoms with Gasteiger partial charge >= 0.3 is 0 Å². The zero-order valence-electron chi connectivity index (χ0n) is 18.7.